The van der Waals surface area contributed by atoms with Crippen LogP contribution in [0.25, 0.3) is 6.08 Å². The maximum atomic E-state index is 12.2. The summed E-state index contributed by atoms with van der Waals surface area (Å²) in [5, 5.41) is 0. The summed E-state index contributed by atoms with van der Waals surface area (Å²) in [5.41, 5.74) is 4.65. The number of Topliss-reactive ketones (excluding diaryl/α,β-unsaturated/α-hetero) is 1. The number of ketones is 1. The Hall–Kier alpha value is -2.23. The molecule has 0 aliphatic rings. The van der Waals surface area contributed by atoms with Crippen molar-refractivity contribution in [1.29, 1.82) is 0 Å². The molecule has 2 rings (SSSR count). The van der Waals surface area contributed by atoms with Crippen molar-refractivity contribution in [2.45, 2.75) is 12.5 Å². The summed E-state index contributed by atoms with van der Waals surface area (Å²) in [6, 6.07) is 19.1. The van der Waals surface area contributed by atoms with Crippen molar-refractivity contribution in [3.63, 3.8) is 0 Å². The Morgan fingerprint density at radius 2 is 1.71 bits per heavy atom. The van der Waals surface area contributed by atoms with Crippen molar-refractivity contribution in [3.05, 3.63) is 77.9 Å². The van der Waals surface area contributed by atoms with Crippen LogP contribution >= 0.6 is 0 Å². The van der Waals surface area contributed by atoms with E-state index in [0.717, 1.165) is 5.56 Å². The largest absolute Gasteiger partial charge is 0.305 e. The van der Waals surface area contributed by atoms with Crippen LogP contribution in [0.4, 0.5) is 0 Å². The zero-order chi connectivity index (χ0) is 14.9. The van der Waals surface area contributed by atoms with Gasteiger partial charge in [0.25, 0.3) is 0 Å². The van der Waals surface area contributed by atoms with Gasteiger partial charge in [0.15, 0.2) is 5.78 Å². The quantitative estimate of drug-likeness (QED) is 0.623. The molecule has 0 heterocycles. The molecular formula is C18H19NO2. The molecule has 0 aromatic heterocycles. The summed E-state index contributed by atoms with van der Waals surface area (Å²) in [7, 11) is 1.55. The molecule has 1 unspecified atom stereocenters. The maximum absolute atomic E-state index is 12.2. The van der Waals surface area contributed by atoms with Crippen molar-refractivity contribution in [2.75, 3.05) is 7.11 Å². The van der Waals surface area contributed by atoms with Crippen LogP contribution in [0, 0.1) is 0 Å². The minimum Gasteiger partial charge on any atom is -0.305 e. The number of nitrogens with one attached hydrogen (secondary N) is 1. The number of hydroxylamine groups is 1. The Morgan fingerprint density at radius 3 is 2.33 bits per heavy atom. The first-order valence-corrected chi connectivity index (χ1v) is 6.89. The summed E-state index contributed by atoms with van der Waals surface area (Å²) >= 11 is 0. The molecule has 0 spiro atoms. The molecule has 0 saturated carbocycles. The molecule has 21 heavy (non-hydrogen) atoms. The highest BCUT2D eigenvalue weighted by molar-refractivity contribution is 5.96. The van der Waals surface area contributed by atoms with E-state index in [1.54, 1.807) is 7.11 Å². The predicted octanol–water partition coefficient (Wildman–Crippen LogP) is 3.49. The van der Waals surface area contributed by atoms with E-state index in [-0.39, 0.29) is 11.8 Å². The van der Waals surface area contributed by atoms with E-state index >= 15 is 0 Å². The molecule has 0 aliphatic heterocycles. The van der Waals surface area contributed by atoms with Crippen molar-refractivity contribution in [2.24, 2.45) is 0 Å². The number of carbonyl (C=O) groups is 1. The van der Waals surface area contributed by atoms with Crippen molar-refractivity contribution < 1.29 is 9.63 Å². The van der Waals surface area contributed by atoms with Crippen LogP contribution in [0.15, 0.2) is 66.7 Å². The average Bonchev–Trinajstić information content (AvgIpc) is 2.54. The van der Waals surface area contributed by atoms with Gasteiger partial charge >= 0.3 is 0 Å². The van der Waals surface area contributed by atoms with Crippen LogP contribution in [0.2, 0.25) is 0 Å². The number of carbonyl (C=O) groups excluding carboxylic acids is 1. The van der Waals surface area contributed by atoms with E-state index in [1.165, 1.54) is 0 Å². The molecule has 0 bridgehead atoms. The highest BCUT2D eigenvalue weighted by Gasteiger charge is 2.12. The van der Waals surface area contributed by atoms with Crippen LogP contribution < -0.4 is 5.48 Å². The summed E-state index contributed by atoms with van der Waals surface area (Å²) < 4.78 is 0. The van der Waals surface area contributed by atoms with Gasteiger partial charge in [0, 0.05) is 12.0 Å². The number of hydrogen-bond donors (Lipinski definition) is 1. The topological polar surface area (TPSA) is 38.3 Å². The lowest BCUT2D eigenvalue weighted by Crippen LogP contribution is -2.28. The lowest BCUT2D eigenvalue weighted by atomic mass is 10.0. The highest BCUT2D eigenvalue weighted by atomic mass is 16.6. The molecular weight excluding hydrogens is 262 g/mol. The van der Waals surface area contributed by atoms with Gasteiger partial charge in [-0.1, -0.05) is 72.8 Å². The third kappa shape index (κ3) is 4.99. The van der Waals surface area contributed by atoms with Gasteiger partial charge in [-0.3, -0.25) is 4.79 Å². The fourth-order valence-electron chi connectivity index (χ4n) is 2.03. The van der Waals surface area contributed by atoms with E-state index in [1.807, 2.05) is 72.8 Å². The molecule has 2 aromatic rings. The maximum Gasteiger partial charge on any atom is 0.164 e. The Labute approximate surface area is 125 Å². The second-order valence-corrected chi connectivity index (χ2v) is 4.69. The summed E-state index contributed by atoms with van der Waals surface area (Å²) in [6.07, 6.45) is 4.27. The van der Waals surface area contributed by atoms with E-state index in [0.29, 0.717) is 12.0 Å². The zero-order valence-electron chi connectivity index (χ0n) is 12.0. The Bertz CT molecular complexity index is 579. The molecule has 3 nitrogen and oxygen atoms in total. The van der Waals surface area contributed by atoms with Crippen LogP contribution in [0.3, 0.4) is 0 Å². The number of benzene rings is 2. The summed E-state index contributed by atoms with van der Waals surface area (Å²) in [6.45, 7) is 0. The number of hydrogen-bond acceptors (Lipinski definition) is 3. The summed E-state index contributed by atoms with van der Waals surface area (Å²) in [5.74, 6) is 0.0860. The predicted molar refractivity (Wildman–Crippen MR) is 84.8 cm³/mol. The SMILES string of the molecule is CONC(C=Cc1ccccc1)CC(=O)c1ccccc1. The molecule has 1 atom stereocenters. The third-order valence-corrected chi connectivity index (χ3v) is 3.09. The van der Waals surface area contributed by atoms with Crippen molar-refractivity contribution in [3.8, 4) is 0 Å². The Morgan fingerprint density at radius 1 is 1.10 bits per heavy atom. The minimum atomic E-state index is -0.164. The van der Waals surface area contributed by atoms with Crippen LogP contribution in [-0.2, 0) is 4.84 Å². The van der Waals surface area contributed by atoms with Gasteiger partial charge < -0.3 is 4.84 Å². The van der Waals surface area contributed by atoms with Gasteiger partial charge in [0.2, 0.25) is 0 Å². The molecule has 0 amide bonds. The van der Waals surface area contributed by atoms with Gasteiger partial charge in [-0.25, -0.2) is 0 Å². The van der Waals surface area contributed by atoms with Gasteiger partial charge in [-0.15, -0.1) is 0 Å². The molecule has 1 N–H and O–H groups in total. The standard InChI is InChI=1S/C18H19NO2/c1-21-19-17(13-12-15-8-4-2-5-9-15)14-18(20)16-10-6-3-7-11-16/h2-13,17,19H,14H2,1H3. The van der Waals surface area contributed by atoms with E-state index in [9.17, 15) is 4.79 Å². The Kier molecular flexibility index (Phi) is 5.88. The third-order valence-electron chi connectivity index (χ3n) is 3.09. The van der Waals surface area contributed by atoms with E-state index < -0.39 is 0 Å². The normalized spacial score (nSPS) is 12.4. The zero-order valence-corrected chi connectivity index (χ0v) is 12.0. The smallest absolute Gasteiger partial charge is 0.164 e. The second-order valence-electron chi connectivity index (χ2n) is 4.69. The van der Waals surface area contributed by atoms with Crippen LogP contribution in [0.5, 0.6) is 0 Å². The van der Waals surface area contributed by atoms with E-state index in [2.05, 4.69) is 5.48 Å². The lowest BCUT2D eigenvalue weighted by Gasteiger charge is -2.12. The first-order chi connectivity index (χ1) is 10.3. The van der Waals surface area contributed by atoms with Gasteiger partial charge in [-0.05, 0) is 5.56 Å². The molecule has 108 valence electrons. The monoisotopic (exact) mass is 281 g/mol. The molecule has 0 aliphatic carbocycles. The fourth-order valence-corrected chi connectivity index (χ4v) is 2.03. The minimum absolute atomic E-state index is 0.0860. The molecule has 3 heteroatoms. The number of rotatable bonds is 7. The van der Waals surface area contributed by atoms with Gasteiger partial charge in [-0.2, -0.15) is 5.48 Å². The first-order valence-electron chi connectivity index (χ1n) is 6.89. The van der Waals surface area contributed by atoms with Crippen molar-refractivity contribution >= 4 is 11.9 Å². The van der Waals surface area contributed by atoms with Gasteiger partial charge in [0.1, 0.15) is 0 Å². The fraction of sp³-hybridized carbons (Fsp3) is 0.167. The molecule has 0 saturated heterocycles. The molecule has 2 aromatic carbocycles. The molecule has 0 radical (unpaired) electrons. The summed E-state index contributed by atoms with van der Waals surface area (Å²) in [4.78, 5) is 17.2. The lowest BCUT2D eigenvalue weighted by molar-refractivity contribution is 0.0664. The van der Waals surface area contributed by atoms with Crippen molar-refractivity contribution in [1.82, 2.24) is 5.48 Å². The second kappa shape index (κ2) is 8.15. The Balaban J connectivity index is 2.02. The molecule has 0 fully saturated rings. The van der Waals surface area contributed by atoms with Crippen LogP contribution in [0.1, 0.15) is 22.3 Å². The average molecular weight is 281 g/mol. The highest BCUT2D eigenvalue weighted by Crippen LogP contribution is 2.08. The first kappa shape index (κ1) is 15.2. The van der Waals surface area contributed by atoms with E-state index in [4.69, 9.17) is 4.84 Å². The van der Waals surface area contributed by atoms with Gasteiger partial charge in [0.05, 0.1) is 13.2 Å². The van der Waals surface area contributed by atoms with Crippen LogP contribution in [-0.4, -0.2) is 18.9 Å².